The van der Waals surface area contributed by atoms with Gasteiger partial charge in [-0.15, -0.1) is 0 Å². The first kappa shape index (κ1) is 11.3. The quantitative estimate of drug-likeness (QED) is 0.839. The van der Waals surface area contributed by atoms with Crippen molar-refractivity contribution in [3.8, 4) is 5.75 Å². The van der Waals surface area contributed by atoms with Crippen molar-refractivity contribution in [3.63, 3.8) is 0 Å². The second kappa shape index (κ2) is 5.21. The van der Waals surface area contributed by atoms with E-state index in [4.69, 9.17) is 16.2 Å². The van der Waals surface area contributed by atoms with E-state index in [1.807, 2.05) is 36.4 Å². The molecule has 4 nitrogen and oxygen atoms in total. The van der Waals surface area contributed by atoms with E-state index in [1.54, 1.807) is 6.20 Å². The van der Waals surface area contributed by atoms with E-state index in [9.17, 15) is 0 Å². The fraction of sp³-hybridized carbons (Fsp3) is 0.154. The summed E-state index contributed by atoms with van der Waals surface area (Å²) in [7, 11) is 0. The molecule has 0 atom stereocenters. The van der Waals surface area contributed by atoms with Gasteiger partial charge in [0, 0.05) is 12.6 Å². The number of anilines is 2. The lowest BCUT2D eigenvalue weighted by Gasteiger charge is -2.08. The van der Waals surface area contributed by atoms with Crippen molar-refractivity contribution in [2.45, 2.75) is 6.42 Å². The maximum atomic E-state index is 5.82. The zero-order valence-electron chi connectivity index (χ0n) is 9.47. The van der Waals surface area contributed by atoms with E-state index in [-0.39, 0.29) is 0 Å². The van der Waals surface area contributed by atoms with Crippen LogP contribution in [-0.4, -0.2) is 11.6 Å². The smallest absolute Gasteiger partial charge is 0.146 e. The molecule has 2 aromatic rings. The van der Waals surface area contributed by atoms with Gasteiger partial charge in [-0.3, -0.25) is 0 Å². The number of hydrogen-bond acceptors (Lipinski definition) is 4. The highest BCUT2D eigenvalue weighted by atomic mass is 16.5. The molecule has 0 spiro atoms. The number of ether oxygens (including phenoxy) is 1. The molecule has 1 aromatic carbocycles. The summed E-state index contributed by atoms with van der Waals surface area (Å²) in [5.74, 6) is 1.23. The average Bonchev–Trinajstić information content (AvgIpc) is 2.36. The summed E-state index contributed by atoms with van der Waals surface area (Å²) in [6, 6.07) is 11.5. The molecule has 0 aliphatic rings. The van der Waals surface area contributed by atoms with Crippen LogP contribution in [0.15, 0.2) is 42.6 Å². The monoisotopic (exact) mass is 229 g/mol. The van der Waals surface area contributed by atoms with Crippen molar-refractivity contribution >= 4 is 11.5 Å². The number of nitrogens with zero attached hydrogens (tertiary/aromatic N) is 1. The van der Waals surface area contributed by atoms with Crippen molar-refractivity contribution in [1.29, 1.82) is 0 Å². The number of hydrogen-bond donors (Lipinski definition) is 2. The van der Waals surface area contributed by atoms with Crippen LogP contribution in [-0.2, 0) is 6.42 Å². The number of nitrogens with two attached hydrogens (primary N) is 2. The number of aromatic nitrogens is 1. The van der Waals surface area contributed by atoms with Gasteiger partial charge in [0.05, 0.1) is 12.3 Å². The van der Waals surface area contributed by atoms with Gasteiger partial charge >= 0.3 is 0 Å². The van der Waals surface area contributed by atoms with Crippen LogP contribution in [0.5, 0.6) is 5.75 Å². The number of rotatable bonds is 4. The fourth-order valence-electron chi connectivity index (χ4n) is 1.54. The maximum absolute atomic E-state index is 5.82. The Bertz CT molecular complexity index is 485. The first-order chi connectivity index (χ1) is 8.27. The van der Waals surface area contributed by atoms with E-state index >= 15 is 0 Å². The highest BCUT2D eigenvalue weighted by Gasteiger charge is 2.03. The standard InChI is InChI=1S/C13H15N3O/c14-12-10(6-8-16-13(12)15)7-9-17-11-4-2-1-3-5-11/h1-6,8H,7,9,14H2,(H2,15,16). The van der Waals surface area contributed by atoms with Gasteiger partial charge in [0.2, 0.25) is 0 Å². The predicted octanol–water partition coefficient (Wildman–Crippen LogP) is 1.87. The van der Waals surface area contributed by atoms with Crippen LogP contribution in [0.4, 0.5) is 11.5 Å². The van der Waals surface area contributed by atoms with Crippen LogP contribution in [0, 0.1) is 0 Å². The summed E-state index contributed by atoms with van der Waals surface area (Å²) in [5, 5.41) is 0. The molecule has 4 heteroatoms. The molecule has 88 valence electrons. The number of pyridine rings is 1. The van der Waals surface area contributed by atoms with Gasteiger partial charge in [-0.2, -0.15) is 0 Å². The lowest BCUT2D eigenvalue weighted by molar-refractivity contribution is 0.322. The SMILES string of the molecule is Nc1nccc(CCOc2ccccc2)c1N. The van der Waals surface area contributed by atoms with Crippen LogP contribution in [0.2, 0.25) is 0 Å². The zero-order valence-corrected chi connectivity index (χ0v) is 9.47. The van der Waals surface area contributed by atoms with Crippen LogP contribution in [0.25, 0.3) is 0 Å². The Hall–Kier alpha value is -2.23. The predicted molar refractivity (Wildman–Crippen MR) is 68.7 cm³/mol. The first-order valence-corrected chi connectivity index (χ1v) is 5.44. The lowest BCUT2D eigenvalue weighted by atomic mass is 10.1. The third-order valence-electron chi connectivity index (χ3n) is 2.49. The second-order valence-corrected chi connectivity index (χ2v) is 3.68. The molecule has 0 bridgehead atoms. The summed E-state index contributed by atoms with van der Waals surface area (Å²) in [6.45, 7) is 0.567. The molecular formula is C13H15N3O. The largest absolute Gasteiger partial charge is 0.493 e. The first-order valence-electron chi connectivity index (χ1n) is 5.44. The van der Waals surface area contributed by atoms with Gasteiger partial charge in [0.1, 0.15) is 11.6 Å². The summed E-state index contributed by atoms with van der Waals surface area (Å²) in [5.41, 5.74) is 13.0. The molecule has 1 heterocycles. The Morgan fingerprint density at radius 3 is 2.59 bits per heavy atom. The van der Waals surface area contributed by atoms with Crippen molar-refractivity contribution in [1.82, 2.24) is 4.98 Å². The molecule has 2 rings (SSSR count). The van der Waals surface area contributed by atoms with E-state index in [2.05, 4.69) is 4.98 Å². The molecule has 0 fully saturated rings. The van der Waals surface area contributed by atoms with Crippen LogP contribution in [0.3, 0.4) is 0 Å². The van der Waals surface area contributed by atoms with Gasteiger partial charge in [0.25, 0.3) is 0 Å². The molecule has 0 aliphatic carbocycles. The molecule has 0 aliphatic heterocycles. The minimum Gasteiger partial charge on any atom is -0.493 e. The van der Waals surface area contributed by atoms with Crippen molar-refractivity contribution in [2.24, 2.45) is 0 Å². The highest BCUT2D eigenvalue weighted by Crippen LogP contribution is 2.17. The maximum Gasteiger partial charge on any atom is 0.146 e. The molecule has 17 heavy (non-hydrogen) atoms. The Kier molecular flexibility index (Phi) is 3.45. The Morgan fingerprint density at radius 2 is 1.82 bits per heavy atom. The van der Waals surface area contributed by atoms with E-state index in [1.165, 1.54) is 0 Å². The molecular weight excluding hydrogens is 214 g/mol. The molecule has 4 N–H and O–H groups in total. The minimum atomic E-state index is 0.377. The van der Waals surface area contributed by atoms with Crippen LogP contribution < -0.4 is 16.2 Å². The van der Waals surface area contributed by atoms with Gasteiger partial charge in [-0.25, -0.2) is 4.98 Å². The number of nitrogen functional groups attached to an aromatic ring is 2. The van der Waals surface area contributed by atoms with Gasteiger partial charge in [-0.1, -0.05) is 18.2 Å². The summed E-state index contributed by atoms with van der Waals surface area (Å²) in [6.07, 6.45) is 2.37. The third-order valence-corrected chi connectivity index (χ3v) is 2.49. The summed E-state index contributed by atoms with van der Waals surface area (Å²) in [4.78, 5) is 3.92. The second-order valence-electron chi connectivity index (χ2n) is 3.68. The topological polar surface area (TPSA) is 74.2 Å². The fourth-order valence-corrected chi connectivity index (χ4v) is 1.54. The molecule has 0 radical (unpaired) electrons. The molecule has 0 saturated heterocycles. The Labute approximate surface area is 100 Å². The Balaban J connectivity index is 1.93. The van der Waals surface area contributed by atoms with E-state index in [0.717, 1.165) is 11.3 Å². The molecule has 0 amide bonds. The summed E-state index contributed by atoms with van der Waals surface area (Å²) < 4.78 is 5.59. The molecule has 0 unspecified atom stereocenters. The van der Waals surface area contributed by atoms with Crippen molar-refractivity contribution in [2.75, 3.05) is 18.1 Å². The zero-order chi connectivity index (χ0) is 12.1. The molecule has 0 saturated carbocycles. The van der Waals surface area contributed by atoms with Crippen molar-refractivity contribution in [3.05, 3.63) is 48.2 Å². The average molecular weight is 229 g/mol. The Morgan fingerprint density at radius 1 is 1.06 bits per heavy atom. The van der Waals surface area contributed by atoms with Gasteiger partial charge < -0.3 is 16.2 Å². The lowest BCUT2D eigenvalue weighted by Crippen LogP contribution is -2.06. The summed E-state index contributed by atoms with van der Waals surface area (Å²) >= 11 is 0. The van der Waals surface area contributed by atoms with Crippen LogP contribution >= 0.6 is 0 Å². The minimum absolute atomic E-state index is 0.377. The number of para-hydroxylation sites is 1. The van der Waals surface area contributed by atoms with Crippen molar-refractivity contribution < 1.29 is 4.74 Å². The molecule has 1 aromatic heterocycles. The van der Waals surface area contributed by atoms with E-state index < -0.39 is 0 Å². The third kappa shape index (κ3) is 2.87. The van der Waals surface area contributed by atoms with Gasteiger partial charge in [0.15, 0.2) is 0 Å². The highest BCUT2D eigenvalue weighted by molar-refractivity contribution is 5.62. The normalized spacial score (nSPS) is 10.1. The van der Waals surface area contributed by atoms with E-state index in [0.29, 0.717) is 24.5 Å². The number of benzene rings is 1. The van der Waals surface area contributed by atoms with Gasteiger partial charge in [-0.05, 0) is 23.8 Å². The van der Waals surface area contributed by atoms with Crippen LogP contribution in [0.1, 0.15) is 5.56 Å².